The van der Waals surface area contributed by atoms with Gasteiger partial charge in [0.25, 0.3) is 11.5 Å². The van der Waals surface area contributed by atoms with Crippen LogP contribution in [0.15, 0.2) is 53.3 Å². The minimum Gasteiger partial charge on any atom is -0.484 e. The van der Waals surface area contributed by atoms with Crippen LogP contribution >= 0.6 is 11.6 Å². The van der Waals surface area contributed by atoms with Crippen molar-refractivity contribution in [1.29, 1.82) is 0 Å². The molecule has 1 aliphatic rings. The summed E-state index contributed by atoms with van der Waals surface area (Å²) in [6, 6.07) is 14.4. The topological polar surface area (TPSA) is 67.7 Å². The number of carbonyl (C=O) groups is 1. The molecule has 1 saturated heterocycles. The van der Waals surface area contributed by atoms with E-state index in [0.717, 1.165) is 0 Å². The van der Waals surface area contributed by atoms with Crippen molar-refractivity contribution in [3.05, 3.63) is 69.7 Å². The van der Waals surface area contributed by atoms with Gasteiger partial charge in [-0.3, -0.25) is 19.1 Å². The van der Waals surface area contributed by atoms with Crippen molar-refractivity contribution in [2.45, 2.75) is 13.0 Å². The Bertz CT molecular complexity index is 1140. The van der Waals surface area contributed by atoms with Gasteiger partial charge in [-0.2, -0.15) is 0 Å². The molecule has 31 heavy (non-hydrogen) atoms. The smallest absolute Gasteiger partial charge is 0.261 e. The number of hydrogen-bond acceptors (Lipinski definition) is 5. The number of nitrogens with zero attached hydrogens (tertiary/aromatic N) is 4. The van der Waals surface area contributed by atoms with Gasteiger partial charge in [-0.05, 0) is 37.3 Å². The van der Waals surface area contributed by atoms with E-state index in [-0.39, 0.29) is 24.1 Å². The highest BCUT2D eigenvalue weighted by atomic mass is 35.5. The molecule has 1 atom stereocenters. The third-order valence-corrected chi connectivity index (χ3v) is 6.00. The molecule has 162 valence electrons. The zero-order valence-corrected chi connectivity index (χ0v) is 18.4. The van der Waals surface area contributed by atoms with Gasteiger partial charge in [-0.15, -0.1) is 0 Å². The van der Waals surface area contributed by atoms with Crippen LogP contribution in [0.4, 0.5) is 0 Å². The number of benzene rings is 2. The van der Waals surface area contributed by atoms with Crippen molar-refractivity contribution < 1.29 is 9.53 Å². The van der Waals surface area contributed by atoms with Crippen molar-refractivity contribution >= 4 is 28.4 Å². The van der Waals surface area contributed by atoms with E-state index in [4.69, 9.17) is 21.3 Å². The highest BCUT2D eigenvalue weighted by Gasteiger charge is 2.27. The van der Waals surface area contributed by atoms with Crippen molar-refractivity contribution in [2.24, 2.45) is 7.05 Å². The Labute approximate surface area is 185 Å². The second-order valence-corrected chi connectivity index (χ2v) is 8.13. The molecule has 1 unspecified atom stereocenters. The van der Waals surface area contributed by atoms with E-state index in [2.05, 4.69) is 4.90 Å². The monoisotopic (exact) mass is 440 g/mol. The normalized spacial score (nSPS) is 15.8. The zero-order valence-electron chi connectivity index (χ0n) is 17.6. The molecule has 0 radical (unpaired) electrons. The molecular formula is C23H25ClN4O3. The molecule has 3 aromatic rings. The maximum atomic E-state index is 12.8. The van der Waals surface area contributed by atoms with Gasteiger partial charge in [-0.25, -0.2) is 4.98 Å². The van der Waals surface area contributed by atoms with E-state index < -0.39 is 0 Å². The predicted octanol–water partition coefficient (Wildman–Crippen LogP) is 2.87. The van der Waals surface area contributed by atoms with E-state index in [1.807, 2.05) is 42.2 Å². The lowest BCUT2D eigenvalue weighted by atomic mass is 10.2. The van der Waals surface area contributed by atoms with Crippen molar-refractivity contribution in [1.82, 2.24) is 19.4 Å². The van der Waals surface area contributed by atoms with Crippen LogP contribution in [0, 0.1) is 0 Å². The second-order valence-electron chi connectivity index (χ2n) is 7.69. The number of halogens is 1. The molecule has 1 fully saturated rings. The number of aromatic nitrogens is 2. The lowest BCUT2D eigenvalue weighted by Gasteiger charge is -2.38. The maximum Gasteiger partial charge on any atom is 0.261 e. The van der Waals surface area contributed by atoms with Crippen molar-refractivity contribution in [3.63, 3.8) is 0 Å². The van der Waals surface area contributed by atoms with Crippen LogP contribution < -0.4 is 10.3 Å². The molecule has 7 nitrogen and oxygen atoms in total. The third-order valence-electron chi connectivity index (χ3n) is 5.77. The van der Waals surface area contributed by atoms with E-state index in [1.165, 1.54) is 0 Å². The van der Waals surface area contributed by atoms with E-state index in [0.29, 0.717) is 53.7 Å². The summed E-state index contributed by atoms with van der Waals surface area (Å²) >= 11 is 6.09. The predicted molar refractivity (Wildman–Crippen MR) is 120 cm³/mol. The average molecular weight is 441 g/mol. The third kappa shape index (κ3) is 4.57. The summed E-state index contributed by atoms with van der Waals surface area (Å²) in [7, 11) is 1.75. The molecule has 2 aromatic carbocycles. The minimum absolute atomic E-state index is 0.0259. The Balaban J connectivity index is 1.41. The van der Waals surface area contributed by atoms with Gasteiger partial charge in [0.05, 0.1) is 16.9 Å². The van der Waals surface area contributed by atoms with Crippen molar-refractivity contribution in [3.8, 4) is 5.75 Å². The molecule has 0 saturated carbocycles. The summed E-state index contributed by atoms with van der Waals surface area (Å²) < 4.78 is 7.18. The fourth-order valence-electron chi connectivity index (χ4n) is 3.91. The lowest BCUT2D eigenvalue weighted by Crippen LogP contribution is -2.51. The number of amides is 1. The summed E-state index contributed by atoms with van der Waals surface area (Å²) in [5.74, 6) is 1.35. The molecule has 0 bridgehead atoms. The minimum atomic E-state index is -0.0876. The highest BCUT2D eigenvalue weighted by molar-refractivity contribution is 6.31. The molecular weight excluding hydrogens is 416 g/mol. The summed E-state index contributed by atoms with van der Waals surface area (Å²) in [5.41, 5.74) is 0.514. The summed E-state index contributed by atoms with van der Waals surface area (Å²) in [6.45, 7) is 4.67. The molecule has 0 spiro atoms. The summed E-state index contributed by atoms with van der Waals surface area (Å²) in [5, 5.41) is 1.10. The van der Waals surface area contributed by atoms with Gasteiger partial charge in [-0.1, -0.05) is 29.8 Å². The van der Waals surface area contributed by atoms with Crippen LogP contribution in [0.3, 0.4) is 0 Å². The number of rotatable bonds is 5. The molecule has 2 heterocycles. The maximum absolute atomic E-state index is 12.8. The number of fused-ring (bicyclic) bond motifs is 1. The van der Waals surface area contributed by atoms with Crippen molar-refractivity contribution in [2.75, 3.05) is 32.8 Å². The molecule has 1 aromatic heterocycles. The molecule has 1 amide bonds. The molecule has 1 aliphatic heterocycles. The Hall–Kier alpha value is -2.90. The first-order valence-corrected chi connectivity index (χ1v) is 10.7. The van der Waals surface area contributed by atoms with Gasteiger partial charge in [0.1, 0.15) is 11.6 Å². The largest absolute Gasteiger partial charge is 0.484 e. The van der Waals surface area contributed by atoms with Crippen LogP contribution in [0.1, 0.15) is 18.8 Å². The van der Waals surface area contributed by atoms with E-state index in [1.54, 1.807) is 29.8 Å². The quantitative estimate of drug-likeness (QED) is 0.610. The van der Waals surface area contributed by atoms with Crippen LogP contribution in [0.2, 0.25) is 5.02 Å². The highest BCUT2D eigenvalue weighted by Crippen LogP contribution is 2.22. The second kappa shape index (κ2) is 9.08. The van der Waals surface area contributed by atoms with Gasteiger partial charge in [0, 0.05) is 38.2 Å². The molecule has 8 heteroatoms. The number of para-hydroxylation sites is 1. The van der Waals surface area contributed by atoms with Crippen LogP contribution in [0.25, 0.3) is 10.9 Å². The summed E-state index contributed by atoms with van der Waals surface area (Å²) in [6.07, 6.45) is 0. The van der Waals surface area contributed by atoms with Crippen LogP contribution in [-0.2, 0) is 11.8 Å². The fourth-order valence-corrected chi connectivity index (χ4v) is 4.08. The Kier molecular flexibility index (Phi) is 6.25. The standard InChI is InChI=1S/C23H25ClN4O3/c1-16(22-25-20-14-17(24)8-9-19(20)23(30)26(22)2)27-10-12-28(13-11-27)21(29)15-31-18-6-4-3-5-7-18/h3-9,14,16H,10-13,15H2,1-2H3. The average Bonchev–Trinajstić information content (AvgIpc) is 2.80. The number of piperazine rings is 1. The van der Waals surface area contributed by atoms with E-state index in [9.17, 15) is 9.59 Å². The first-order valence-electron chi connectivity index (χ1n) is 10.3. The van der Waals surface area contributed by atoms with E-state index >= 15 is 0 Å². The number of carbonyl (C=O) groups excluding carboxylic acids is 1. The number of ether oxygens (including phenoxy) is 1. The van der Waals surface area contributed by atoms with Crippen LogP contribution in [-0.4, -0.2) is 58.0 Å². The fraction of sp³-hybridized carbons (Fsp3) is 0.348. The Morgan fingerprint density at radius 2 is 1.84 bits per heavy atom. The number of hydrogen-bond donors (Lipinski definition) is 0. The lowest BCUT2D eigenvalue weighted by molar-refractivity contribution is -0.135. The molecule has 0 aliphatic carbocycles. The Morgan fingerprint density at radius 1 is 1.13 bits per heavy atom. The van der Waals surface area contributed by atoms with Gasteiger partial charge in [0.2, 0.25) is 0 Å². The Morgan fingerprint density at radius 3 is 2.55 bits per heavy atom. The summed E-state index contributed by atoms with van der Waals surface area (Å²) in [4.78, 5) is 34.1. The molecule has 0 N–H and O–H groups in total. The van der Waals surface area contributed by atoms with Crippen LogP contribution in [0.5, 0.6) is 5.75 Å². The first-order chi connectivity index (χ1) is 14.9. The molecule has 4 rings (SSSR count). The first kappa shape index (κ1) is 21.3. The van der Waals surface area contributed by atoms with Gasteiger partial charge >= 0.3 is 0 Å². The van der Waals surface area contributed by atoms with Gasteiger partial charge in [0.15, 0.2) is 6.61 Å². The zero-order chi connectivity index (χ0) is 22.0. The van der Waals surface area contributed by atoms with Gasteiger partial charge < -0.3 is 9.64 Å². The SMILES string of the molecule is CC(c1nc2cc(Cl)ccc2c(=O)n1C)N1CCN(C(=O)COc2ccccc2)CC1.